The van der Waals surface area contributed by atoms with Crippen molar-refractivity contribution in [2.75, 3.05) is 0 Å². The molecule has 1 saturated carbocycles. The fourth-order valence-corrected chi connectivity index (χ4v) is 4.35. The van der Waals surface area contributed by atoms with Crippen molar-refractivity contribution in [1.29, 1.82) is 0 Å². The summed E-state index contributed by atoms with van der Waals surface area (Å²) in [7, 11) is 0. The molecule has 1 aliphatic carbocycles. The van der Waals surface area contributed by atoms with Crippen molar-refractivity contribution >= 4 is 0 Å². The molecule has 0 aliphatic heterocycles. The topological polar surface area (TPSA) is 46.3 Å². The number of aryl methyl sites for hydroxylation is 2. The SMILES string of the molecule is Cc1noc(-c2ccc(-c3ccc(C4CC4)cc3)cc2)c1CC(O)CCc1ccccc1. The molecule has 0 bridgehead atoms. The lowest BCUT2D eigenvalue weighted by Gasteiger charge is -2.11. The molecule has 1 fully saturated rings. The van der Waals surface area contributed by atoms with Crippen molar-refractivity contribution in [2.45, 2.75) is 51.0 Å². The summed E-state index contributed by atoms with van der Waals surface area (Å²) in [6.45, 7) is 1.95. The van der Waals surface area contributed by atoms with E-state index in [9.17, 15) is 5.11 Å². The van der Waals surface area contributed by atoms with Crippen LogP contribution in [0.3, 0.4) is 0 Å². The van der Waals surface area contributed by atoms with E-state index in [1.807, 2.05) is 25.1 Å². The average Bonchev–Trinajstić information content (AvgIpc) is 3.63. The largest absolute Gasteiger partial charge is 0.393 e. The zero-order chi connectivity index (χ0) is 21.9. The summed E-state index contributed by atoms with van der Waals surface area (Å²) in [6, 6.07) is 27.7. The first kappa shape index (κ1) is 20.7. The molecule has 162 valence electrons. The number of aromatic nitrogens is 1. The van der Waals surface area contributed by atoms with Crippen molar-refractivity contribution in [3.63, 3.8) is 0 Å². The Morgan fingerprint density at radius 1 is 0.875 bits per heavy atom. The number of hydrogen-bond acceptors (Lipinski definition) is 3. The van der Waals surface area contributed by atoms with Gasteiger partial charge in [-0.1, -0.05) is 84.0 Å². The molecule has 1 atom stereocenters. The smallest absolute Gasteiger partial charge is 0.170 e. The van der Waals surface area contributed by atoms with Crippen molar-refractivity contribution in [1.82, 2.24) is 5.16 Å². The Labute approximate surface area is 189 Å². The van der Waals surface area contributed by atoms with Crippen molar-refractivity contribution in [2.24, 2.45) is 0 Å². The maximum Gasteiger partial charge on any atom is 0.170 e. The number of aliphatic hydroxyl groups is 1. The highest BCUT2D eigenvalue weighted by molar-refractivity contribution is 5.70. The Kier molecular flexibility index (Phi) is 5.91. The van der Waals surface area contributed by atoms with E-state index >= 15 is 0 Å². The average molecular weight is 424 g/mol. The van der Waals surface area contributed by atoms with Gasteiger partial charge in [0, 0.05) is 17.5 Å². The number of aliphatic hydroxyl groups excluding tert-OH is 1. The summed E-state index contributed by atoms with van der Waals surface area (Å²) >= 11 is 0. The molecule has 0 saturated heterocycles. The van der Waals surface area contributed by atoms with Crippen LogP contribution in [-0.4, -0.2) is 16.4 Å². The minimum absolute atomic E-state index is 0.434. The van der Waals surface area contributed by atoms with Crippen LogP contribution in [0, 0.1) is 6.92 Å². The van der Waals surface area contributed by atoms with Gasteiger partial charge in [0.05, 0.1) is 11.8 Å². The van der Waals surface area contributed by atoms with Gasteiger partial charge in [-0.05, 0) is 60.8 Å². The van der Waals surface area contributed by atoms with Gasteiger partial charge < -0.3 is 9.63 Å². The highest BCUT2D eigenvalue weighted by Crippen LogP contribution is 2.40. The second-order valence-corrected chi connectivity index (χ2v) is 8.93. The summed E-state index contributed by atoms with van der Waals surface area (Å²) in [6.07, 6.45) is 4.33. The molecule has 3 heteroatoms. The fraction of sp³-hybridized carbons (Fsp3) is 0.276. The lowest BCUT2D eigenvalue weighted by molar-refractivity contribution is 0.165. The summed E-state index contributed by atoms with van der Waals surface area (Å²) in [5.41, 5.74) is 7.95. The third-order valence-electron chi connectivity index (χ3n) is 6.47. The zero-order valence-electron chi connectivity index (χ0n) is 18.5. The van der Waals surface area contributed by atoms with E-state index < -0.39 is 6.10 Å². The lowest BCUT2D eigenvalue weighted by atomic mass is 9.96. The monoisotopic (exact) mass is 423 g/mol. The van der Waals surface area contributed by atoms with Gasteiger partial charge in [0.15, 0.2) is 5.76 Å². The molecule has 0 spiro atoms. The summed E-state index contributed by atoms with van der Waals surface area (Å²) in [5.74, 6) is 1.54. The fourth-order valence-electron chi connectivity index (χ4n) is 4.35. The predicted octanol–water partition coefficient (Wildman–Crippen LogP) is 6.73. The Balaban J connectivity index is 1.28. The van der Waals surface area contributed by atoms with Crippen molar-refractivity contribution in [3.05, 3.63) is 101 Å². The van der Waals surface area contributed by atoms with Gasteiger partial charge in [0.25, 0.3) is 0 Å². The second kappa shape index (κ2) is 9.13. The molecule has 4 aromatic rings. The van der Waals surface area contributed by atoms with Crippen LogP contribution < -0.4 is 0 Å². The quantitative estimate of drug-likeness (QED) is 0.342. The summed E-state index contributed by atoms with van der Waals surface area (Å²) in [4.78, 5) is 0. The van der Waals surface area contributed by atoms with Gasteiger partial charge in [-0.2, -0.15) is 0 Å². The van der Waals surface area contributed by atoms with Crippen LogP contribution in [0.5, 0.6) is 0 Å². The van der Waals surface area contributed by atoms with Crippen molar-refractivity contribution in [3.8, 4) is 22.5 Å². The third-order valence-corrected chi connectivity index (χ3v) is 6.47. The number of benzene rings is 3. The van der Waals surface area contributed by atoms with Crippen LogP contribution >= 0.6 is 0 Å². The van der Waals surface area contributed by atoms with Gasteiger partial charge in [-0.25, -0.2) is 0 Å². The van der Waals surface area contributed by atoms with Gasteiger partial charge >= 0.3 is 0 Å². The Hall–Kier alpha value is -3.17. The maximum absolute atomic E-state index is 10.7. The standard InChI is InChI=1S/C29H29NO2/c1-20-28(19-27(31)18-7-21-5-3-2-4-6-21)29(32-30-20)26-16-14-25(15-17-26)24-12-10-23(11-13-24)22-8-9-22/h2-6,10-17,22,27,31H,7-9,18-19H2,1H3. The summed E-state index contributed by atoms with van der Waals surface area (Å²) in [5, 5.41) is 14.9. The highest BCUT2D eigenvalue weighted by Gasteiger charge is 2.23. The normalized spacial score (nSPS) is 14.4. The third kappa shape index (κ3) is 4.68. The molecule has 1 N–H and O–H groups in total. The lowest BCUT2D eigenvalue weighted by Crippen LogP contribution is -2.12. The van der Waals surface area contributed by atoms with Crippen LogP contribution in [0.1, 0.15) is 47.6 Å². The maximum atomic E-state index is 10.7. The van der Waals surface area contributed by atoms with E-state index in [0.29, 0.717) is 12.8 Å². The van der Waals surface area contributed by atoms with E-state index in [4.69, 9.17) is 4.52 Å². The first-order valence-electron chi connectivity index (χ1n) is 11.6. The van der Waals surface area contributed by atoms with E-state index in [2.05, 4.69) is 65.8 Å². The van der Waals surface area contributed by atoms with Gasteiger partial charge in [-0.15, -0.1) is 0 Å². The molecule has 1 aromatic heterocycles. The number of nitrogens with zero attached hydrogens (tertiary/aromatic N) is 1. The van der Waals surface area contributed by atoms with Gasteiger partial charge in [0.2, 0.25) is 0 Å². The minimum Gasteiger partial charge on any atom is -0.393 e. The highest BCUT2D eigenvalue weighted by atomic mass is 16.5. The molecule has 1 aliphatic rings. The molecule has 3 aromatic carbocycles. The predicted molar refractivity (Wildman–Crippen MR) is 129 cm³/mol. The Morgan fingerprint density at radius 2 is 1.50 bits per heavy atom. The van der Waals surface area contributed by atoms with E-state index in [-0.39, 0.29) is 0 Å². The molecule has 3 nitrogen and oxygen atoms in total. The van der Waals surface area contributed by atoms with E-state index in [1.54, 1.807) is 0 Å². The second-order valence-electron chi connectivity index (χ2n) is 8.93. The number of rotatable bonds is 8. The van der Waals surface area contributed by atoms with Crippen LogP contribution in [0.25, 0.3) is 22.5 Å². The summed E-state index contributed by atoms with van der Waals surface area (Å²) < 4.78 is 5.68. The first-order valence-corrected chi connectivity index (χ1v) is 11.6. The molecule has 32 heavy (non-hydrogen) atoms. The molecular formula is C29H29NO2. The molecule has 0 amide bonds. The van der Waals surface area contributed by atoms with Gasteiger partial charge in [-0.3, -0.25) is 0 Å². The van der Waals surface area contributed by atoms with Gasteiger partial charge in [0.1, 0.15) is 0 Å². The van der Waals surface area contributed by atoms with Crippen LogP contribution in [0.15, 0.2) is 83.4 Å². The van der Waals surface area contributed by atoms with Crippen LogP contribution in [-0.2, 0) is 12.8 Å². The van der Waals surface area contributed by atoms with Crippen LogP contribution in [0.4, 0.5) is 0 Å². The Bertz CT molecular complexity index is 1160. The number of hydrogen-bond donors (Lipinski definition) is 1. The molecule has 1 heterocycles. The molecule has 5 rings (SSSR count). The van der Waals surface area contributed by atoms with E-state index in [1.165, 1.54) is 35.1 Å². The first-order chi connectivity index (χ1) is 15.7. The van der Waals surface area contributed by atoms with Crippen LogP contribution in [0.2, 0.25) is 0 Å². The molecule has 1 unspecified atom stereocenters. The zero-order valence-corrected chi connectivity index (χ0v) is 18.5. The molecular weight excluding hydrogens is 394 g/mol. The van der Waals surface area contributed by atoms with E-state index in [0.717, 1.165) is 34.9 Å². The van der Waals surface area contributed by atoms with Crippen molar-refractivity contribution < 1.29 is 9.63 Å². The molecule has 0 radical (unpaired) electrons. The Morgan fingerprint density at radius 3 is 2.16 bits per heavy atom. The minimum atomic E-state index is -0.434.